The van der Waals surface area contributed by atoms with Crippen LogP contribution in [0.3, 0.4) is 0 Å². The molecule has 2 aliphatic heterocycles. The van der Waals surface area contributed by atoms with Crippen molar-refractivity contribution < 1.29 is 14.6 Å². The quantitative estimate of drug-likeness (QED) is 0.545. The molecule has 2 rings (SSSR count). The highest BCUT2D eigenvalue weighted by molar-refractivity contribution is 5.86. The molecular weight excluding hydrogens is 268 g/mol. The summed E-state index contributed by atoms with van der Waals surface area (Å²) in [6.45, 7) is 2.47. The number of hydrogen-bond donors (Lipinski definition) is 1. The summed E-state index contributed by atoms with van der Waals surface area (Å²) < 4.78 is 0. The van der Waals surface area contributed by atoms with Crippen LogP contribution in [0.1, 0.15) is 26.2 Å². The molecule has 1 N–H and O–H groups in total. The highest BCUT2D eigenvalue weighted by atomic mass is 16.6. The Hall–Kier alpha value is -1.77. The van der Waals surface area contributed by atoms with E-state index < -0.39 is 26.8 Å². The molecule has 9 heteroatoms. The third kappa shape index (κ3) is 2.11. The maximum atomic E-state index is 12.0. The molecule has 2 heterocycles. The molecule has 2 atom stereocenters. The van der Waals surface area contributed by atoms with Crippen LogP contribution in [0.5, 0.6) is 0 Å². The van der Waals surface area contributed by atoms with E-state index in [0.717, 1.165) is 12.8 Å². The van der Waals surface area contributed by atoms with Crippen molar-refractivity contribution in [2.75, 3.05) is 26.2 Å². The number of nitrogens with zero attached hydrogens (tertiary/aromatic N) is 3. The predicted octanol–water partition coefficient (Wildman–Crippen LogP) is -0.347. The molecule has 20 heavy (non-hydrogen) atoms. The number of nitrogens with one attached hydrogen (secondary N) is 1. The van der Waals surface area contributed by atoms with Crippen LogP contribution in [0.2, 0.25) is 0 Å². The Morgan fingerprint density at radius 1 is 1.30 bits per heavy atom. The molecule has 0 radical (unpaired) electrons. The van der Waals surface area contributed by atoms with E-state index in [9.17, 15) is 25.0 Å². The SMILES string of the molecule is CCCCN1C[C@@]2([N+](=O)[O-])CNC(=O)[C@@]([N+](=O)[O-])(C1)C2. The van der Waals surface area contributed by atoms with Gasteiger partial charge in [-0.15, -0.1) is 0 Å². The second kappa shape index (κ2) is 4.97. The van der Waals surface area contributed by atoms with Crippen LogP contribution >= 0.6 is 0 Å². The Bertz CT molecular complexity index is 456. The van der Waals surface area contributed by atoms with Crippen molar-refractivity contribution in [1.82, 2.24) is 10.2 Å². The summed E-state index contributed by atoms with van der Waals surface area (Å²) in [5.74, 6) is -0.707. The fourth-order valence-electron chi connectivity index (χ4n) is 3.11. The van der Waals surface area contributed by atoms with Crippen molar-refractivity contribution in [2.24, 2.45) is 0 Å². The highest BCUT2D eigenvalue weighted by Gasteiger charge is 2.68. The van der Waals surface area contributed by atoms with Gasteiger partial charge in [-0.05, 0) is 13.0 Å². The standard InChI is InChI=1S/C11H18N4O5/c1-2-3-4-13-7-10(14(17)18)5-11(8-13,15(19)20)9(16)12-6-10/h2-8H2,1H3,(H,12,16)/t10-,11-/m0/s1. The smallest absolute Gasteiger partial charge is 0.317 e. The molecule has 0 spiro atoms. The minimum atomic E-state index is -1.89. The van der Waals surface area contributed by atoms with Gasteiger partial charge in [0.2, 0.25) is 0 Å². The van der Waals surface area contributed by atoms with Gasteiger partial charge in [-0.1, -0.05) is 13.3 Å². The van der Waals surface area contributed by atoms with Crippen molar-refractivity contribution in [3.8, 4) is 0 Å². The van der Waals surface area contributed by atoms with Gasteiger partial charge in [0.25, 0.3) is 11.4 Å². The lowest BCUT2D eigenvalue weighted by Gasteiger charge is -2.45. The zero-order valence-corrected chi connectivity index (χ0v) is 11.3. The Morgan fingerprint density at radius 2 is 2.00 bits per heavy atom. The number of unbranched alkanes of at least 4 members (excludes halogenated alkanes) is 1. The van der Waals surface area contributed by atoms with Gasteiger partial charge in [-0.2, -0.15) is 0 Å². The van der Waals surface area contributed by atoms with Gasteiger partial charge in [0.15, 0.2) is 0 Å². The van der Waals surface area contributed by atoms with Crippen LogP contribution in [-0.2, 0) is 4.79 Å². The van der Waals surface area contributed by atoms with Gasteiger partial charge >= 0.3 is 5.54 Å². The van der Waals surface area contributed by atoms with Gasteiger partial charge in [0.1, 0.15) is 6.42 Å². The first-order valence-corrected chi connectivity index (χ1v) is 6.66. The summed E-state index contributed by atoms with van der Waals surface area (Å²) in [4.78, 5) is 35.3. The van der Waals surface area contributed by atoms with Crippen LogP contribution < -0.4 is 5.32 Å². The molecule has 0 aromatic carbocycles. The molecular formula is C11H18N4O5. The molecule has 2 bridgehead atoms. The van der Waals surface area contributed by atoms with Crippen LogP contribution in [0, 0.1) is 20.2 Å². The fraction of sp³-hybridized carbons (Fsp3) is 0.909. The van der Waals surface area contributed by atoms with Crippen molar-refractivity contribution >= 4 is 5.91 Å². The Kier molecular flexibility index (Phi) is 3.63. The van der Waals surface area contributed by atoms with Crippen LogP contribution in [-0.4, -0.2) is 57.9 Å². The number of carbonyl (C=O) groups excluding carboxylic acids is 1. The zero-order valence-electron chi connectivity index (χ0n) is 11.3. The largest absolute Gasteiger partial charge is 0.343 e. The maximum Gasteiger partial charge on any atom is 0.317 e. The van der Waals surface area contributed by atoms with Gasteiger partial charge in [0.05, 0.1) is 19.6 Å². The van der Waals surface area contributed by atoms with Crippen molar-refractivity contribution in [1.29, 1.82) is 0 Å². The first-order valence-electron chi connectivity index (χ1n) is 6.66. The minimum absolute atomic E-state index is 0.0541. The van der Waals surface area contributed by atoms with E-state index in [-0.39, 0.29) is 26.1 Å². The summed E-state index contributed by atoms with van der Waals surface area (Å²) in [6, 6.07) is 0. The fourth-order valence-corrected chi connectivity index (χ4v) is 3.11. The Morgan fingerprint density at radius 3 is 2.55 bits per heavy atom. The lowest BCUT2D eigenvalue weighted by molar-refractivity contribution is -0.618. The highest BCUT2D eigenvalue weighted by Crippen LogP contribution is 2.36. The van der Waals surface area contributed by atoms with E-state index in [1.807, 2.05) is 6.92 Å². The van der Waals surface area contributed by atoms with Crippen LogP contribution in [0.15, 0.2) is 0 Å². The minimum Gasteiger partial charge on any atom is -0.343 e. The normalized spacial score (nSPS) is 33.5. The summed E-state index contributed by atoms with van der Waals surface area (Å²) in [5.41, 5.74) is -3.34. The molecule has 0 aromatic rings. The lowest BCUT2D eigenvalue weighted by atomic mass is 9.74. The average molecular weight is 286 g/mol. The number of likely N-dealkylation sites (tertiary alicyclic amines) is 1. The number of amides is 1. The van der Waals surface area contributed by atoms with Crippen LogP contribution in [0.25, 0.3) is 0 Å². The summed E-state index contributed by atoms with van der Waals surface area (Å²) in [5, 5.41) is 25.1. The second-order valence-electron chi connectivity index (χ2n) is 5.69. The Balaban J connectivity index is 2.36. The van der Waals surface area contributed by atoms with Crippen LogP contribution in [0.4, 0.5) is 0 Å². The van der Waals surface area contributed by atoms with Gasteiger partial charge in [-0.3, -0.25) is 29.9 Å². The molecule has 112 valence electrons. The number of fused-ring (bicyclic) bond motifs is 2. The maximum absolute atomic E-state index is 12.0. The molecule has 0 aromatic heterocycles. The first-order chi connectivity index (χ1) is 9.36. The summed E-state index contributed by atoms with van der Waals surface area (Å²) in [7, 11) is 0. The molecule has 0 saturated carbocycles. The molecule has 0 unspecified atom stereocenters. The van der Waals surface area contributed by atoms with E-state index in [1.54, 1.807) is 4.90 Å². The van der Waals surface area contributed by atoms with E-state index in [2.05, 4.69) is 5.32 Å². The predicted molar refractivity (Wildman–Crippen MR) is 68.4 cm³/mol. The third-order valence-corrected chi connectivity index (χ3v) is 4.19. The number of hydrogen-bond acceptors (Lipinski definition) is 6. The van der Waals surface area contributed by atoms with Crippen molar-refractivity contribution in [3.05, 3.63) is 20.2 Å². The zero-order chi connectivity index (χ0) is 15.0. The van der Waals surface area contributed by atoms with Gasteiger partial charge in [-0.25, -0.2) is 0 Å². The summed E-state index contributed by atoms with van der Waals surface area (Å²) in [6.07, 6.45) is 1.36. The summed E-state index contributed by atoms with van der Waals surface area (Å²) >= 11 is 0. The van der Waals surface area contributed by atoms with Gasteiger partial charge in [0, 0.05) is 9.85 Å². The first kappa shape index (κ1) is 14.6. The van der Waals surface area contributed by atoms with Crippen molar-refractivity contribution in [3.63, 3.8) is 0 Å². The monoisotopic (exact) mass is 286 g/mol. The molecule has 2 aliphatic rings. The van der Waals surface area contributed by atoms with Crippen molar-refractivity contribution in [2.45, 2.75) is 37.3 Å². The number of carbonyl (C=O) groups is 1. The topological polar surface area (TPSA) is 119 Å². The molecule has 9 nitrogen and oxygen atoms in total. The number of rotatable bonds is 5. The number of nitro groups is 2. The third-order valence-electron chi connectivity index (χ3n) is 4.19. The van der Waals surface area contributed by atoms with E-state index in [1.165, 1.54) is 0 Å². The van der Waals surface area contributed by atoms with E-state index >= 15 is 0 Å². The van der Waals surface area contributed by atoms with E-state index in [0.29, 0.717) is 6.54 Å². The average Bonchev–Trinajstić information content (AvgIpc) is 2.40. The lowest BCUT2D eigenvalue weighted by Crippen LogP contribution is -2.76. The molecule has 1 amide bonds. The molecule has 2 fully saturated rings. The second-order valence-corrected chi connectivity index (χ2v) is 5.69. The van der Waals surface area contributed by atoms with E-state index in [4.69, 9.17) is 0 Å². The molecule has 0 aliphatic carbocycles. The number of piperidine rings is 2. The Labute approximate surface area is 115 Å². The molecule has 2 saturated heterocycles. The van der Waals surface area contributed by atoms with Gasteiger partial charge < -0.3 is 5.32 Å².